The Morgan fingerprint density at radius 3 is 2.49 bits per heavy atom. The molecule has 2 aromatic rings. The van der Waals surface area contributed by atoms with Crippen molar-refractivity contribution in [2.75, 3.05) is 31.2 Å². The van der Waals surface area contributed by atoms with Crippen LogP contribution in [0.2, 0.25) is 5.02 Å². The van der Waals surface area contributed by atoms with Gasteiger partial charge >= 0.3 is 6.41 Å². The van der Waals surface area contributed by atoms with Gasteiger partial charge in [0.05, 0.1) is 18.9 Å². The van der Waals surface area contributed by atoms with Crippen molar-refractivity contribution in [1.82, 2.24) is 0 Å². The summed E-state index contributed by atoms with van der Waals surface area (Å²) in [5.74, 6) is 0.907. The summed E-state index contributed by atoms with van der Waals surface area (Å²) >= 11 is 5.88. The number of guanidine groups is 1. The molecular weight excluding hydrogens is 472 g/mol. The van der Waals surface area contributed by atoms with Crippen molar-refractivity contribution in [1.29, 1.82) is 5.26 Å². The molecule has 0 fully saturated rings. The standard InChI is InChI=1S/C24H32ClN6O4/c25-20-6-8-22(9-7-20)33-16-4-2-1-3-13-31(23(28)29-18-27)21-10-14-30(15-11-21)24(35-19-32)34-17-5-12-26/h6-11,14-15,19,24H,1-5,12-13,16-17,26H2,(H2,28,29)/q+1. The number of halogens is 1. The van der Waals surface area contributed by atoms with E-state index in [9.17, 15) is 4.79 Å². The summed E-state index contributed by atoms with van der Waals surface area (Å²) in [7, 11) is 0. The second-order valence-electron chi connectivity index (χ2n) is 7.49. The summed E-state index contributed by atoms with van der Waals surface area (Å²) < 4.78 is 17.9. The van der Waals surface area contributed by atoms with Crippen LogP contribution in [0.3, 0.4) is 0 Å². The molecule has 0 spiro atoms. The van der Waals surface area contributed by atoms with Gasteiger partial charge in [-0.1, -0.05) is 24.4 Å². The van der Waals surface area contributed by atoms with Crippen LogP contribution >= 0.6 is 11.6 Å². The van der Waals surface area contributed by atoms with Gasteiger partial charge in [0, 0.05) is 23.7 Å². The SMILES string of the molecule is N#CN=C(N)N(CCCCCCOc1ccc(Cl)cc1)c1cc[n+](C(OC=O)OCCCN)cc1. The second kappa shape index (κ2) is 16.3. The molecule has 10 nitrogen and oxygen atoms in total. The van der Waals surface area contributed by atoms with Crippen LogP contribution in [-0.4, -0.2) is 38.7 Å². The third-order valence-corrected chi connectivity index (χ3v) is 5.22. The first-order valence-electron chi connectivity index (χ1n) is 11.4. The van der Waals surface area contributed by atoms with Crippen LogP contribution in [0.5, 0.6) is 5.75 Å². The number of nitrogens with zero attached hydrogens (tertiary/aromatic N) is 4. The Labute approximate surface area is 210 Å². The van der Waals surface area contributed by atoms with Crippen LogP contribution in [0.15, 0.2) is 53.8 Å². The summed E-state index contributed by atoms with van der Waals surface area (Å²) in [6.45, 7) is 2.36. The van der Waals surface area contributed by atoms with Crippen LogP contribution in [0.4, 0.5) is 5.69 Å². The Balaban J connectivity index is 1.87. The average Bonchev–Trinajstić information content (AvgIpc) is 2.87. The van der Waals surface area contributed by atoms with Crippen molar-refractivity contribution in [3.05, 3.63) is 53.8 Å². The van der Waals surface area contributed by atoms with Gasteiger partial charge in [0.15, 0.2) is 12.4 Å². The van der Waals surface area contributed by atoms with Crippen molar-refractivity contribution < 1.29 is 23.6 Å². The number of aliphatic imine (C=N–C) groups is 1. The number of carbonyl (C=O) groups excluding carboxylic acids is 1. The number of nitriles is 1. The predicted octanol–water partition coefficient (Wildman–Crippen LogP) is 2.86. The van der Waals surface area contributed by atoms with Gasteiger partial charge in [-0.3, -0.25) is 9.53 Å². The number of pyridine rings is 1. The first kappa shape index (κ1) is 27.9. The van der Waals surface area contributed by atoms with Crippen molar-refractivity contribution in [3.63, 3.8) is 0 Å². The van der Waals surface area contributed by atoms with E-state index in [1.54, 1.807) is 52.3 Å². The van der Waals surface area contributed by atoms with Gasteiger partial charge in [-0.25, -0.2) is 0 Å². The number of nitrogens with two attached hydrogens (primary N) is 2. The molecule has 1 heterocycles. The second-order valence-corrected chi connectivity index (χ2v) is 7.93. The molecule has 0 aliphatic rings. The summed E-state index contributed by atoms with van der Waals surface area (Å²) in [4.78, 5) is 16.3. The summed E-state index contributed by atoms with van der Waals surface area (Å²) in [6, 6.07) is 10.9. The Morgan fingerprint density at radius 1 is 1.11 bits per heavy atom. The molecule has 0 bridgehead atoms. The molecule has 0 aliphatic carbocycles. The molecule has 4 N–H and O–H groups in total. The molecule has 1 unspecified atom stereocenters. The van der Waals surface area contributed by atoms with Crippen molar-refractivity contribution in [2.24, 2.45) is 16.5 Å². The molecule has 1 aromatic carbocycles. The van der Waals surface area contributed by atoms with E-state index in [1.165, 1.54) is 0 Å². The monoisotopic (exact) mass is 503 g/mol. The van der Waals surface area contributed by atoms with Gasteiger partial charge in [-0.15, -0.1) is 9.56 Å². The Bertz CT molecular complexity index is 950. The minimum Gasteiger partial charge on any atom is -0.494 e. The van der Waals surface area contributed by atoms with E-state index in [-0.39, 0.29) is 5.96 Å². The molecule has 35 heavy (non-hydrogen) atoms. The molecule has 0 radical (unpaired) electrons. The normalized spacial score (nSPS) is 12.0. The molecule has 0 saturated heterocycles. The number of ether oxygens (including phenoxy) is 3. The summed E-state index contributed by atoms with van der Waals surface area (Å²) in [5.41, 5.74) is 12.3. The quantitative estimate of drug-likeness (QED) is 0.0677. The lowest BCUT2D eigenvalue weighted by Crippen LogP contribution is -2.43. The summed E-state index contributed by atoms with van der Waals surface area (Å²) in [6.07, 6.45) is 8.57. The molecule has 188 valence electrons. The third kappa shape index (κ3) is 10.2. The lowest BCUT2D eigenvalue weighted by atomic mass is 10.2. The fourth-order valence-electron chi connectivity index (χ4n) is 3.20. The molecule has 1 aromatic heterocycles. The Morgan fingerprint density at radius 2 is 1.83 bits per heavy atom. The molecule has 1 atom stereocenters. The number of unbranched alkanes of at least 4 members (excludes halogenated alkanes) is 3. The molecule has 0 amide bonds. The number of anilines is 1. The molecule has 0 aliphatic heterocycles. The minimum atomic E-state index is -0.901. The van der Waals surface area contributed by atoms with Crippen LogP contribution in [0, 0.1) is 11.5 Å². The smallest absolute Gasteiger partial charge is 0.425 e. The van der Waals surface area contributed by atoms with Crippen LogP contribution in [0.1, 0.15) is 38.5 Å². The summed E-state index contributed by atoms with van der Waals surface area (Å²) in [5, 5.41) is 9.62. The number of carbonyl (C=O) groups is 1. The minimum absolute atomic E-state index is 0.108. The fraction of sp³-hybridized carbons (Fsp3) is 0.417. The Kier molecular flexibility index (Phi) is 12.9. The average molecular weight is 504 g/mol. The fourth-order valence-corrected chi connectivity index (χ4v) is 3.32. The van der Waals surface area contributed by atoms with E-state index in [0.717, 1.165) is 37.1 Å². The first-order chi connectivity index (χ1) is 17.1. The van der Waals surface area contributed by atoms with Gasteiger partial charge in [-0.05, 0) is 50.1 Å². The number of hydrogen-bond donors (Lipinski definition) is 2. The highest BCUT2D eigenvalue weighted by Gasteiger charge is 2.21. The molecule has 0 saturated carbocycles. The van der Waals surface area contributed by atoms with Crippen LogP contribution in [-0.2, 0) is 14.3 Å². The molecule has 11 heteroatoms. The van der Waals surface area contributed by atoms with E-state index >= 15 is 0 Å². The Hall–Kier alpha value is -3.39. The third-order valence-electron chi connectivity index (χ3n) is 4.97. The van der Waals surface area contributed by atoms with Gasteiger partial charge in [-0.2, -0.15) is 5.26 Å². The van der Waals surface area contributed by atoms with E-state index < -0.39 is 6.41 Å². The van der Waals surface area contributed by atoms with Crippen LogP contribution in [0.25, 0.3) is 0 Å². The molecule has 2 rings (SSSR count). The van der Waals surface area contributed by atoms with Gasteiger partial charge in [0.1, 0.15) is 5.75 Å². The van der Waals surface area contributed by atoms with E-state index in [2.05, 4.69) is 4.99 Å². The highest BCUT2D eigenvalue weighted by Crippen LogP contribution is 2.17. The lowest BCUT2D eigenvalue weighted by Gasteiger charge is -2.22. The highest BCUT2D eigenvalue weighted by molar-refractivity contribution is 6.30. The maximum absolute atomic E-state index is 10.8. The zero-order chi connectivity index (χ0) is 25.3. The van der Waals surface area contributed by atoms with Crippen molar-refractivity contribution in [2.45, 2.75) is 38.5 Å². The van der Waals surface area contributed by atoms with E-state index in [1.807, 2.05) is 12.1 Å². The molecular formula is C24H32ClN6O4+. The lowest BCUT2D eigenvalue weighted by molar-refractivity contribution is -0.798. The van der Waals surface area contributed by atoms with Gasteiger partial charge in [0.2, 0.25) is 12.2 Å². The zero-order valence-corrected chi connectivity index (χ0v) is 20.3. The highest BCUT2D eigenvalue weighted by atomic mass is 35.5. The van der Waals surface area contributed by atoms with Crippen molar-refractivity contribution in [3.8, 4) is 11.9 Å². The predicted molar refractivity (Wildman–Crippen MR) is 132 cm³/mol. The number of rotatable bonds is 16. The van der Waals surface area contributed by atoms with E-state index in [4.69, 9.17) is 42.5 Å². The van der Waals surface area contributed by atoms with Gasteiger partial charge < -0.3 is 25.8 Å². The van der Waals surface area contributed by atoms with Crippen LogP contribution < -0.4 is 25.7 Å². The van der Waals surface area contributed by atoms with Crippen molar-refractivity contribution >= 4 is 29.7 Å². The number of aromatic nitrogens is 1. The topological polar surface area (TPSA) is 140 Å². The maximum Gasteiger partial charge on any atom is 0.425 e. The largest absolute Gasteiger partial charge is 0.494 e. The maximum atomic E-state index is 10.8. The zero-order valence-electron chi connectivity index (χ0n) is 19.6. The van der Waals surface area contributed by atoms with E-state index in [0.29, 0.717) is 44.2 Å². The first-order valence-corrected chi connectivity index (χ1v) is 11.8. The van der Waals surface area contributed by atoms with Gasteiger partial charge in [0.25, 0.3) is 6.47 Å². The number of benzene rings is 1. The number of hydrogen-bond acceptors (Lipinski definition) is 7.